The number of aromatic nitrogens is 3. The van der Waals surface area contributed by atoms with Crippen LogP contribution in [-0.4, -0.2) is 49.8 Å². The third kappa shape index (κ3) is 7.77. The highest BCUT2D eigenvalue weighted by molar-refractivity contribution is 5.76. The van der Waals surface area contributed by atoms with Gasteiger partial charge in [0, 0.05) is 18.8 Å². The molecule has 0 saturated carbocycles. The average molecular weight is 643 g/mol. The third-order valence-electron chi connectivity index (χ3n) is 8.40. The number of benzene rings is 3. The lowest BCUT2D eigenvalue weighted by Gasteiger charge is -2.32. The molecule has 1 aliphatic rings. The van der Waals surface area contributed by atoms with E-state index in [4.69, 9.17) is 19.5 Å². The van der Waals surface area contributed by atoms with E-state index in [0.29, 0.717) is 38.3 Å². The minimum absolute atomic E-state index is 0.0123. The van der Waals surface area contributed by atoms with Crippen LogP contribution < -0.4 is 10.4 Å². The molecule has 0 aliphatic carbocycles. The minimum atomic E-state index is -0.538. The SMILES string of the molecule is Cc1ccc(OCc2ccccc2)c(Cn2c(=NC3CCN(C(=O)OC(C)(C)C)CC3)n(Cc3ccc(C#N)cc3)c3ccccc32)n1. The summed E-state index contributed by atoms with van der Waals surface area (Å²) in [6.45, 7) is 10.3. The number of rotatable bonds is 8. The number of likely N-dealkylation sites (tertiary alicyclic amines) is 1. The van der Waals surface area contributed by atoms with Crippen molar-refractivity contribution < 1.29 is 14.3 Å². The Hall–Kier alpha value is -5.36. The van der Waals surface area contributed by atoms with Gasteiger partial charge in [-0.1, -0.05) is 54.6 Å². The summed E-state index contributed by atoms with van der Waals surface area (Å²) in [5.74, 6) is 0.734. The summed E-state index contributed by atoms with van der Waals surface area (Å²) in [5, 5.41) is 9.36. The van der Waals surface area contributed by atoms with Crippen LogP contribution in [0.5, 0.6) is 5.75 Å². The van der Waals surface area contributed by atoms with E-state index in [1.54, 1.807) is 4.90 Å². The molecule has 2 aromatic heterocycles. The second kappa shape index (κ2) is 14.2. The Morgan fingerprint density at radius 2 is 1.52 bits per heavy atom. The number of piperidine rings is 1. The molecule has 0 N–H and O–H groups in total. The number of aryl methyl sites for hydroxylation is 1. The molecule has 0 atom stereocenters. The summed E-state index contributed by atoms with van der Waals surface area (Å²) in [4.78, 5) is 25.0. The van der Waals surface area contributed by atoms with Crippen LogP contribution in [0.1, 0.15) is 61.7 Å². The minimum Gasteiger partial charge on any atom is -0.487 e. The normalized spacial score (nSPS) is 14.2. The Morgan fingerprint density at radius 1 is 0.875 bits per heavy atom. The summed E-state index contributed by atoms with van der Waals surface area (Å²) in [5.41, 5.74) is 6.89. The predicted octanol–water partition coefficient (Wildman–Crippen LogP) is 6.99. The van der Waals surface area contributed by atoms with Gasteiger partial charge in [0.1, 0.15) is 23.7 Å². The average Bonchev–Trinajstić information content (AvgIpc) is 3.36. The molecule has 0 bridgehead atoms. The molecular formula is C39H42N6O3. The fourth-order valence-corrected chi connectivity index (χ4v) is 6.00. The van der Waals surface area contributed by atoms with Crippen molar-refractivity contribution in [1.82, 2.24) is 19.0 Å². The largest absolute Gasteiger partial charge is 0.487 e. The van der Waals surface area contributed by atoms with Crippen molar-refractivity contribution in [3.8, 4) is 11.8 Å². The smallest absolute Gasteiger partial charge is 0.410 e. The van der Waals surface area contributed by atoms with E-state index < -0.39 is 5.60 Å². The highest BCUT2D eigenvalue weighted by Gasteiger charge is 2.27. The first-order chi connectivity index (χ1) is 23.2. The van der Waals surface area contributed by atoms with E-state index in [1.165, 1.54) is 0 Å². The molecule has 246 valence electrons. The number of hydrogen-bond donors (Lipinski definition) is 0. The molecule has 1 aliphatic heterocycles. The van der Waals surface area contributed by atoms with Gasteiger partial charge >= 0.3 is 6.09 Å². The first-order valence-corrected chi connectivity index (χ1v) is 16.5. The third-order valence-corrected chi connectivity index (χ3v) is 8.40. The predicted molar refractivity (Wildman–Crippen MR) is 185 cm³/mol. The summed E-state index contributed by atoms with van der Waals surface area (Å²) < 4.78 is 16.5. The molecule has 9 nitrogen and oxygen atoms in total. The zero-order valence-corrected chi connectivity index (χ0v) is 28.1. The highest BCUT2D eigenvalue weighted by Crippen LogP contribution is 2.24. The molecular weight excluding hydrogens is 600 g/mol. The number of nitriles is 1. The fraction of sp³-hybridized carbons (Fsp3) is 0.333. The topological polar surface area (TPSA) is 97.7 Å². The molecule has 0 radical (unpaired) electrons. The molecule has 1 fully saturated rings. The molecule has 3 heterocycles. The van der Waals surface area contributed by atoms with Crippen LogP contribution in [0, 0.1) is 18.3 Å². The number of amides is 1. The van der Waals surface area contributed by atoms with E-state index in [0.717, 1.165) is 57.8 Å². The van der Waals surface area contributed by atoms with Gasteiger partial charge in [-0.15, -0.1) is 0 Å². The molecule has 1 saturated heterocycles. The Balaban J connectivity index is 1.39. The summed E-state index contributed by atoms with van der Waals surface area (Å²) in [6.07, 6.45) is 1.18. The van der Waals surface area contributed by atoms with Gasteiger partial charge in [0.15, 0.2) is 0 Å². The van der Waals surface area contributed by atoms with Gasteiger partial charge in [-0.25, -0.2) is 9.79 Å². The van der Waals surface area contributed by atoms with Crippen molar-refractivity contribution in [2.24, 2.45) is 4.99 Å². The summed E-state index contributed by atoms with van der Waals surface area (Å²) in [7, 11) is 0. The lowest BCUT2D eigenvalue weighted by molar-refractivity contribution is 0.0206. The van der Waals surface area contributed by atoms with Crippen LogP contribution in [0.15, 0.2) is 96.0 Å². The van der Waals surface area contributed by atoms with Crippen molar-refractivity contribution in [2.75, 3.05) is 13.1 Å². The summed E-state index contributed by atoms with van der Waals surface area (Å²) in [6, 6.07) is 32.4. The van der Waals surface area contributed by atoms with Gasteiger partial charge < -0.3 is 23.5 Å². The maximum absolute atomic E-state index is 12.8. The number of carbonyl (C=O) groups excluding carboxylic acids is 1. The Kier molecular flexibility index (Phi) is 9.62. The lowest BCUT2D eigenvalue weighted by Crippen LogP contribution is -2.43. The maximum Gasteiger partial charge on any atom is 0.410 e. The van der Waals surface area contributed by atoms with Gasteiger partial charge in [-0.3, -0.25) is 4.98 Å². The monoisotopic (exact) mass is 642 g/mol. The summed E-state index contributed by atoms with van der Waals surface area (Å²) >= 11 is 0. The van der Waals surface area contributed by atoms with Gasteiger partial charge in [0.05, 0.1) is 41.8 Å². The van der Waals surface area contributed by atoms with Crippen LogP contribution in [0.2, 0.25) is 0 Å². The standard InChI is InChI=1S/C39H42N6O3/c1-28-14-19-36(47-27-31-10-6-5-7-11-31)33(41-28)26-45-35-13-9-8-12-34(35)44(25-30-17-15-29(24-40)16-18-30)37(45)42-32-20-22-43(23-21-32)38(46)48-39(2,3)4/h5-19,32H,20-23,25-27H2,1-4H3. The maximum atomic E-state index is 12.8. The number of carbonyl (C=O) groups is 1. The first kappa shape index (κ1) is 32.6. The molecule has 6 rings (SSSR count). The number of imidazole rings is 1. The van der Waals surface area contributed by atoms with Crippen LogP contribution in [0.25, 0.3) is 11.0 Å². The van der Waals surface area contributed by atoms with Crippen molar-refractivity contribution in [3.05, 3.63) is 125 Å². The zero-order valence-electron chi connectivity index (χ0n) is 28.1. The number of hydrogen-bond acceptors (Lipinski definition) is 6. The van der Waals surface area contributed by atoms with Crippen LogP contribution in [0.4, 0.5) is 4.79 Å². The Morgan fingerprint density at radius 3 is 2.17 bits per heavy atom. The van der Waals surface area contributed by atoms with Crippen molar-refractivity contribution in [1.29, 1.82) is 5.26 Å². The van der Waals surface area contributed by atoms with Crippen molar-refractivity contribution in [3.63, 3.8) is 0 Å². The quantitative estimate of drug-likeness (QED) is 0.182. The van der Waals surface area contributed by atoms with E-state index >= 15 is 0 Å². The Bertz CT molecular complexity index is 1990. The Labute approximate surface area is 281 Å². The molecule has 5 aromatic rings. The van der Waals surface area contributed by atoms with Gasteiger partial charge in [-0.05, 0) is 88.1 Å². The molecule has 3 aromatic carbocycles. The second-order valence-electron chi connectivity index (χ2n) is 13.3. The van der Waals surface area contributed by atoms with Crippen LogP contribution >= 0.6 is 0 Å². The number of nitrogens with zero attached hydrogens (tertiary/aromatic N) is 6. The molecule has 48 heavy (non-hydrogen) atoms. The molecule has 1 amide bonds. The number of ether oxygens (including phenoxy) is 2. The van der Waals surface area contributed by atoms with Crippen LogP contribution in [-0.2, 0) is 24.4 Å². The van der Waals surface area contributed by atoms with Crippen molar-refractivity contribution in [2.45, 2.75) is 71.9 Å². The van der Waals surface area contributed by atoms with Gasteiger partial charge in [0.2, 0.25) is 5.62 Å². The van der Waals surface area contributed by atoms with E-state index in [2.05, 4.69) is 39.5 Å². The highest BCUT2D eigenvalue weighted by atomic mass is 16.6. The van der Waals surface area contributed by atoms with Crippen LogP contribution in [0.3, 0.4) is 0 Å². The molecule has 0 unspecified atom stereocenters. The lowest BCUT2D eigenvalue weighted by atomic mass is 10.1. The molecule has 9 heteroatoms. The zero-order chi connectivity index (χ0) is 33.7. The van der Waals surface area contributed by atoms with E-state index in [1.807, 2.05) is 94.4 Å². The van der Waals surface area contributed by atoms with Gasteiger partial charge in [-0.2, -0.15) is 5.26 Å². The fourth-order valence-electron chi connectivity index (χ4n) is 6.00. The molecule has 0 spiro atoms. The van der Waals surface area contributed by atoms with E-state index in [9.17, 15) is 10.1 Å². The second-order valence-corrected chi connectivity index (χ2v) is 13.3. The number of para-hydroxylation sites is 2. The number of fused-ring (bicyclic) bond motifs is 1. The van der Waals surface area contributed by atoms with Crippen molar-refractivity contribution >= 4 is 17.1 Å². The first-order valence-electron chi connectivity index (χ1n) is 16.5. The van der Waals surface area contributed by atoms with E-state index in [-0.39, 0.29) is 12.1 Å². The number of pyridine rings is 1. The van der Waals surface area contributed by atoms with Gasteiger partial charge in [0.25, 0.3) is 0 Å².